The van der Waals surface area contributed by atoms with E-state index >= 15 is 0 Å². The highest BCUT2D eigenvalue weighted by molar-refractivity contribution is 5.81. The predicted octanol–water partition coefficient (Wildman–Crippen LogP) is 1.24. The monoisotopic (exact) mass is 230 g/mol. The van der Waals surface area contributed by atoms with E-state index in [-0.39, 0.29) is 10.8 Å². The number of H-pyrrole nitrogens is 2. The first-order valence-electron chi connectivity index (χ1n) is 4.21. The van der Waals surface area contributed by atoms with Crippen molar-refractivity contribution in [3.05, 3.63) is 44.5 Å². The van der Waals surface area contributed by atoms with E-state index in [4.69, 9.17) is 0 Å². The van der Waals surface area contributed by atoms with E-state index in [1.54, 1.807) is 0 Å². The van der Waals surface area contributed by atoms with Gasteiger partial charge in [0.2, 0.25) is 0 Å². The van der Waals surface area contributed by atoms with Crippen LogP contribution < -0.4 is 11.1 Å². The molecule has 2 aromatic rings. The van der Waals surface area contributed by atoms with Crippen LogP contribution in [-0.4, -0.2) is 10.2 Å². The lowest BCUT2D eigenvalue weighted by molar-refractivity contribution is -0.137. The zero-order valence-electron chi connectivity index (χ0n) is 7.68. The van der Waals surface area contributed by atoms with Crippen molar-refractivity contribution >= 4 is 10.8 Å². The van der Waals surface area contributed by atoms with E-state index in [1.807, 2.05) is 10.2 Å². The minimum Gasteiger partial charge on any atom is -0.267 e. The number of fused-ring (bicyclic) bond motifs is 1. The molecule has 0 aliphatic carbocycles. The van der Waals surface area contributed by atoms with Crippen LogP contribution in [0.15, 0.2) is 27.8 Å². The highest BCUT2D eigenvalue weighted by Gasteiger charge is 2.30. The molecule has 0 atom stereocenters. The van der Waals surface area contributed by atoms with E-state index in [1.165, 1.54) is 0 Å². The molecule has 2 rings (SSSR count). The smallest absolute Gasteiger partial charge is 0.267 e. The van der Waals surface area contributed by atoms with Crippen molar-refractivity contribution in [3.63, 3.8) is 0 Å². The van der Waals surface area contributed by atoms with Crippen molar-refractivity contribution in [1.29, 1.82) is 0 Å². The highest BCUT2D eigenvalue weighted by Crippen LogP contribution is 2.29. The Morgan fingerprint density at radius 1 is 0.938 bits per heavy atom. The summed E-state index contributed by atoms with van der Waals surface area (Å²) in [5.74, 6) is 0. The zero-order chi connectivity index (χ0) is 11.9. The van der Waals surface area contributed by atoms with Crippen LogP contribution in [0.5, 0.6) is 0 Å². The second-order valence-corrected chi connectivity index (χ2v) is 3.17. The molecule has 0 saturated heterocycles. The third-order valence-corrected chi connectivity index (χ3v) is 2.13. The molecule has 0 saturated carbocycles. The number of halogens is 3. The van der Waals surface area contributed by atoms with Crippen LogP contribution >= 0.6 is 0 Å². The molecule has 0 amide bonds. The number of hydrogen-bond donors (Lipinski definition) is 2. The Morgan fingerprint density at radius 2 is 1.50 bits per heavy atom. The summed E-state index contributed by atoms with van der Waals surface area (Å²) in [5.41, 5.74) is -2.36. The van der Waals surface area contributed by atoms with E-state index in [0.29, 0.717) is 6.07 Å². The number of benzene rings is 1. The fourth-order valence-corrected chi connectivity index (χ4v) is 1.35. The predicted molar refractivity (Wildman–Crippen MR) is 50.2 cm³/mol. The molecule has 0 unspecified atom stereocenters. The average Bonchev–Trinajstić information content (AvgIpc) is 2.22. The number of hydrogen-bond acceptors (Lipinski definition) is 2. The standard InChI is InChI=1S/C9H5F3N2O2/c10-9(11,12)4-1-2-5-6(3-4)8(16)14-13-7(5)15/h1-3H,(H,13,15)(H,14,16). The van der Waals surface area contributed by atoms with Crippen molar-refractivity contribution in [3.8, 4) is 0 Å². The molecule has 0 aliphatic heterocycles. The van der Waals surface area contributed by atoms with Crippen LogP contribution in [-0.2, 0) is 6.18 Å². The Labute approximate surface area is 85.7 Å². The maximum absolute atomic E-state index is 12.3. The van der Waals surface area contributed by atoms with Gasteiger partial charge < -0.3 is 0 Å². The first-order chi connectivity index (χ1) is 7.39. The largest absolute Gasteiger partial charge is 0.416 e. The molecule has 0 aliphatic rings. The first kappa shape index (κ1) is 10.5. The molecule has 1 aromatic heterocycles. The molecular formula is C9H5F3N2O2. The lowest BCUT2D eigenvalue weighted by atomic mass is 10.1. The van der Waals surface area contributed by atoms with Gasteiger partial charge in [0.05, 0.1) is 16.3 Å². The van der Waals surface area contributed by atoms with E-state index in [2.05, 4.69) is 0 Å². The van der Waals surface area contributed by atoms with Crippen LogP contribution in [0.4, 0.5) is 13.2 Å². The van der Waals surface area contributed by atoms with E-state index in [0.717, 1.165) is 12.1 Å². The Morgan fingerprint density at radius 3 is 2.06 bits per heavy atom. The molecule has 84 valence electrons. The SMILES string of the molecule is O=c1[nH][nH]c(=O)c2cc(C(F)(F)F)ccc12. The molecule has 0 radical (unpaired) electrons. The van der Waals surface area contributed by atoms with Gasteiger partial charge >= 0.3 is 6.18 Å². The van der Waals surface area contributed by atoms with E-state index in [9.17, 15) is 22.8 Å². The molecule has 2 N–H and O–H groups in total. The summed E-state index contributed by atoms with van der Waals surface area (Å²) in [5, 5.41) is 3.64. The Bertz CT molecular complexity index is 654. The van der Waals surface area contributed by atoms with Crippen LogP contribution in [0, 0.1) is 0 Å². The normalized spacial score (nSPS) is 11.9. The third kappa shape index (κ3) is 1.60. The van der Waals surface area contributed by atoms with Crippen LogP contribution in [0.3, 0.4) is 0 Å². The second-order valence-electron chi connectivity index (χ2n) is 3.17. The van der Waals surface area contributed by atoms with Gasteiger partial charge in [0.1, 0.15) is 0 Å². The zero-order valence-corrected chi connectivity index (χ0v) is 7.68. The van der Waals surface area contributed by atoms with Crippen molar-refractivity contribution in [2.45, 2.75) is 6.18 Å². The van der Waals surface area contributed by atoms with Gasteiger partial charge in [0.25, 0.3) is 11.1 Å². The molecule has 0 bridgehead atoms. The van der Waals surface area contributed by atoms with Gasteiger partial charge in [-0.2, -0.15) is 13.2 Å². The molecule has 0 spiro atoms. The maximum Gasteiger partial charge on any atom is 0.416 e. The third-order valence-electron chi connectivity index (χ3n) is 2.13. The number of rotatable bonds is 0. The number of nitrogens with one attached hydrogen (secondary N) is 2. The number of alkyl halides is 3. The number of aromatic amines is 2. The van der Waals surface area contributed by atoms with Crippen molar-refractivity contribution in [2.75, 3.05) is 0 Å². The summed E-state index contributed by atoms with van der Waals surface area (Å²) in [7, 11) is 0. The van der Waals surface area contributed by atoms with Crippen LogP contribution in [0.2, 0.25) is 0 Å². The molecule has 16 heavy (non-hydrogen) atoms. The van der Waals surface area contributed by atoms with Crippen LogP contribution in [0.1, 0.15) is 5.56 Å². The summed E-state index contributed by atoms with van der Waals surface area (Å²) in [4.78, 5) is 22.4. The van der Waals surface area contributed by atoms with Gasteiger partial charge in [-0.05, 0) is 18.2 Å². The lowest BCUT2D eigenvalue weighted by Gasteiger charge is -2.06. The molecule has 4 nitrogen and oxygen atoms in total. The van der Waals surface area contributed by atoms with Gasteiger partial charge in [-0.15, -0.1) is 0 Å². The average molecular weight is 230 g/mol. The first-order valence-corrected chi connectivity index (χ1v) is 4.21. The molecule has 1 aromatic carbocycles. The highest BCUT2D eigenvalue weighted by atomic mass is 19.4. The Hall–Kier alpha value is -2.05. The van der Waals surface area contributed by atoms with Crippen molar-refractivity contribution < 1.29 is 13.2 Å². The Balaban J connectivity index is 2.87. The minimum absolute atomic E-state index is 0.0725. The minimum atomic E-state index is -4.54. The topological polar surface area (TPSA) is 65.7 Å². The second kappa shape index (κ2) is 3.22. The van der Waals surface area contributed by atoms with Gasteiger partial charge in [-0.1, -0.05) is 0 Å². The van der Waals surface area contributed by atoms with Gasteiger partial charge in [-0.25, -0.2) is 0 Å². The summed E-state index contributed by atoms with van der Waals surface area (Å²) in [6.45, 7) is 0. The molecule has 7 heteroatoms. The summed E-state index contributed by atoms with van der Waals surface area (Å²) in [6, 6.07) is 2.40. The Kier molecular flexibility index (Phi) is 2.11. The van der Waals surface area contributed by atoms with Crippen molar-refractivity contribution in [2.24, 2.45) is 0 Å². The van der Waals surface area contributed by atoms with Crippen molar-refractivity contribution in [1.82, 2.24) is 10.2 Å². The quantitative estimate of drug-likeness (QED) is 0.714. The number of aromatic nitrogens is 2. The maximum atomic E-state index is 12.3. The molecule has 1 heterocycles. The fraction of sp³-hybridized carbons (Fsp3) is 0.111. The summed E-state index contributed by atoms with van der Waals surface area (Å²) >= 11 is 0. The summed E-state index contributed by atoms with van der Waals surface area (Å²) in [6.07, 6.45) is -4.54. The van der Waals surface area contributed by atoms with Gasteiger partial charge in [-0.3, -0.25) is 19.8 Å². The van der Waals surface area contributed by atoms with Crippen LogP contribution in [0.25, 0.3) is 10.8 Å². The lowest BCUT2D eigenvalue weighted by Crippen LogP contribution is -2.19. The molecular weight excluding hydrogens is 225 g/mol. The summed E-state index contributed by atoms with van der Waals surface area (Å²) < 4.78 is 37.0. The van der Waals surface area contributed by atoms with Gasteiger partial charge in [0, 0.05) is 0 Å². The fourth-order valence-electron chi connectivity index (χ4n) is 1.35. The molecule has 0 fully saturated rings. The van der Waals surface area contributed by atoms with Gasteiger partial charge in [0.15, 0.2) is 0 Å². The van der Waals surface area contributed by atoms with E-state index < -0.39 is 22.9 Å².